The van der Waals surface area contributed by atoms with E-state index in [0.717, 1.165) is 5.69 Å². The molecule has 0 saturated heterocycles. The van der Waals surface area contributed by atoms with Gasteiger partial charge in [0.15, 0.2) is 0 Å². The van der Waals surface area contributed by atoms with Crippen LogP contribution in [0.2, 0.25) is 0 Å². The molecule has 1 aromatic carbocycles. The summed E-state index contributed by atoms with van der Waals surface area (Å²) in [5, 5.41) is 7.92. The molecule has 0 atom stereocenters. The molecule has 0 aliphatic rings. The third-order valence-corrected chi connectivity index (χ3v) is 1.33. The Bertz CT molecular complexity index is 322. The molecule has 0 amide bonds. The zero-order valence-electron chi connectivity index (χ0n) is 6.50. The van der Waals surface area contributed by atoms with Crippen LogP contribution in [-0.2, 0) is 18.2 Å². The van der Waals surface area contributed by atoms with Crippen molar-refractivity contribution in [3.05, 3.63) is 42.7 Å². The van der Waals surface area contributed by atoms with Crippen LogP contribution in [0, 0.1) is 6.07 Å². The summed E-state index contributed by atoms with van der Waals surface area (Å²) in [5.74, 6) is 0. The van der Waals surface area contributed by atoms with Crippen LogP contribution in [0.15, 0.2) is 36.7 Å². The van der Waals surface area contributed by atoms with Gasteiger partial charge in [-0.25, -0.2) is 0 Å². The summed E-state index contributed by atoms with van der Waals surface area (Å²) in [6, 6.07) is 10.6. The molecule has 0 saturated carbocycles. The monoisotopic (exact) mass is 285 g/mol. The minimum atomic E-state index is 0.859. The molecule has 0 aliphatic heterocycles. The minimum absolute atomic E-state index is 0.859. The van der Waals surface area contributed by atoms with Crippen LogP contribution in [0.4, 0.5) is 0 Å². The molecule has 5 heteroatoms. The van der Waals surface area contributed by atoms with Crippen molar-refractivity contribution in [2.45, 2.75) is 0 Å². The standard InChI is InChI=1S/C8H6N3.ClH.Pd/c1-2-4-8(5-3-1)11-9-6-7-10-11;;/h1-4,6-7H;1H;/q-1;;+2/p-1. The van der Waals surface area contributed by atoms with Crippen molar-refractivity contribution in [3.63, 3.8) is 0 Å². The van der Waals surface area contributed by atoms with Crippen molar-refractivity contribution in [1.82, 2.24) is 15.0 Å². The molecular weight excluding hydrogens is 280 g/mol. The maximum Gasteiger partial charge on any atom is 0.0696 e. The number of nitrogens with zero attached hydrogens (tertiary/aromatic N) is 3. The molecule has 1 heterocycles. The van der Waals surface area contributed by atoms with Crippen molar-refractivity contribution in [2.24, 2.45) is 0 Å². The Labute approximate surface area is 91.1 Å². The van der Waals surface area contributed by atoms with Gasteiger partial charge in [-0.05, 0) is 5.69 Å². The average Bonchev–Trinajstić information content (AvgIpc) is 2.75. The van der Waals surface area contributed by atoms with E-state index in [9.17, 15) is 0 Å². The van der Waals surface area contributed by atoms with E-state index in [2.05, 4.69) is 44.0 Å². The fourth-order valence-electron chi connectivity index (χ4n) is 0.848. The molecule has 0 spiro atoms. The Morgan fingerprint density at radius 3 is 2.46 bits per heavy atom. The molecule has 0 unspecified atom stereocenters. The second-order valence-electron chi connectivity index (χ2n) is 2.07. The first-order valence-corrected chi connectivity index (χ1v) is 5.42. The summed E-state index contributed by atoms with van der Waals surface area (Å²) in [6.07, 6.45) is 3.28. The van der Waals surface area contributed by atoms with E-state index in [4.69, 9.17) is 0 Å². The molecule has 0 aliphatic carbocycles. The average molecular weight is 286 g/mol. The Morgan fingerprint density at radius 1 is 1.23 bits per heavy atom. The summed E-state index contributed by atoms with van der Waals surface area (Å²) < 4.78 is 0. The zero-order chi connectivity index (χ0) is 9.52. The van der Waals surface area contributed by atoms with Crippen LogP contribution in [-0.4, -0.2) is 15.0 Å². The fraction of sp³-hybridized carbons (Fsp3) is 0. The summed E-state index contributed by atoms with van der Waals surface area (Å²) >= 11 is 2.22. The first kappa shape index (κ1) is 10.4. The van der Waals surface area contributed by atoms with E-state index in [-0.39, 0.29) is 0 Å². The number of para-hydroxylation sites is 1. The number of halogens is 1. The summed E-state index contributed by atoms with van der Waals surface area (Å²) in [7, 11) is 4.49. The summed E-state index contributed by atoms with van der Waals surface area (Å²) in [4.78, 5) is 1.53. The maximum atomic E-state index is 4.49. The van der Waals surface area contributed by atoms with E-state index in [0.29, 0.717) is 0 Å². The van der Waals surface area contributed by atoms with Gasteiger partial charge in [0, 0.05) is 0 Å². The van der Waals surface area contributed by atoms with Crippen LogP contribution in [0.1, 0.15) is 0 Å². The summed E-state index contributed by atoms with van der Waals surface area (Å²) in [6.45, 7) is 0. The molecule has 70 valence electrons. The van der Waals surface area contributed by atoms with Gasteiger partial charge >= 0.3 is 27.7 Å². The van der Waals surface area contributed by atoms with Crippen molar-refractivity contribution in [1.29, 1.82) is 0 Å². The predicted molar refractivity (Wildman–Crippen MR) is 46.0 cm³/mol. The van der Waals surface area contributed by atoms with Gasteiger partial charge in [0.25, 0.3) is 0 Å². The fourth-order valence-corrected chi connectivity index (χ4v) is 0.848. The van der Waals surface area contributed by atoms with Gasteiger partial charge in [-0.1, -0.05) is 0 Å². The van der Waals surface area contributed by atoms with Crippen LogP contribution in [0.5, 0.6) is 0 Å². The third-order valence-electron chi connectivity index (χ3n) is 1.33. The number of rotatable bonds is 1. The maximum absolute atomic E-state index is 4.49. The van der Waals surface area contributed by atoms with Gasteiger partial charge in [-0.3, -0.25) is 0 Å². The number of aromatic nitrogens is 3. The number of hydrogen-bond donors (Lipinski definition) is 0. The largest absolute Gasteiger partial charge is 0.177 e. The van der Waals surface area contributed by atoms with Gasteiger partial charge in [0.05, 0.1) is 12.4 Å². The molecule has 3 nitrogen and oxygen atoms in total. The SMILES string of the molecule is [Cl][Pd+].[c-]1ccccc1-n1nccn1. The zero-order valence-corrected chi connectivity index (χ0v) is 8.81. The van der Waals surface area contributed by atoms with Gasteiger partial charge in [-0.2, -0.15) is 39.3 Å². The van der Waals surface area contributed by atoms with Crippen molar-refractivity contribution in [2.75, 3.05) is 0 Å². The van der Waals surface area contributed by atoms with E-state index >= 15 is 0 Å². The van der Waals surface area contributed by atoms with Gasteiger partial charge in [-0.15, -0.1) is 6.07 Å². The Morgan fingerprint density at radius 2 is 1.92 bits per heavy atom. The second-order valence-corrected chi connectivity index (χ2v) is 2.07. The van der Waals surface area contributed by atoms with Crippen molar-refractivity contribution < 1.29 is 18.2 Å². The normalized spacial score (nSPS) is 8.85. The smallest absolute Gasteiger partial charge is 0.0696 e. The van der Waals surface area contributed by atoms with Gasteiger partial charge in [0.2, 0.25) is 0 Å². The minimum Gasteiger partial charge on any atom is -0.177 e. The van der Waals surface area contributed by atoms with Gasteiger partial charge < -0.3 is 0 Å². The quantitative estimate of drug-likeness (QED) is 0.590. The molecule has 2 aromatic rings. The third kappa shape index (κ3) is 2.93. The van der Waals surface area contributed by atoms with Crippen LogP contribution < -0.4 is 0 Å². The van der Waals surface area contributed by atoms with Crippen molar-refractivity contribution in [3.8, 4) is 5.69 Å². The molecule has 0 bridgehead atoms. The molecule has 0 N–H and O–H groups in total. The first-order chi connectivity index (χ1) is 6.47. The Kier molecular flexibility index (Phi) is 4.70. The van der Waals surface area contributed by atoms with Gasteiger partial charge in [0.1, 0.15) is 0 Å². The van der Waals surface area contributed by atoms with Crippen LogP contribution in [0.3, 0.4) is 0 Å². The Hall–Kier alpha value is -0.688. The topological polar surface area (TPSA) is 30.7 Å². The molecule has 1 aromatic heterocycles. The molecule has 13 heavy (non-hydrogen) atoms. The second kappa shape index (κ2) is 5.87. The van der Waals surface area contributed by atoms with Crippen LogP contribution in [0.25, 0.3) is 5.69 Å². The number of benzene rings is 1. The summed E-state index contributed by atoms with van der Waals surface area (Å²) in [5.41, 5.74) is 0.859. The van der Waals surface area contributed by atoms with E-state index in [1.807, 2.05) is 24.3 Å². The Balaban J connectivity index is 0.000000396. The molecule has 0 radical (unpaired) electrons. The molecule has 0 fully saturated rings. The number of hydrogen-bond acceptors (Lipinski definition) is 2. The first-order valence-electron chi connectivity index (χ1n) is 3.42. The predicted octanol–water partition coefficient (Wildman–Crippen LogP) is 1.75. The molecular formula is C8H6ClN3Pd. The van der Waals surface area contributed by atoms with Crippen molar-refractivity contribution >= 4 is 9.53 Å². The van der Waals surface area contributed by atoms with E-state index < -0.39 is 0 Å². The molecule has 2 rings (SSSR count). The van der Waals surface area contributed by atoms with E-state index in [1.165, 1.54) is 4.80 Å². The van der Waals surface area contributed by atoms with E-state index in [1.54, 1.807) is 12.4 Å². The van der Waals surface area contributed by atoms with Crippen LogP contribution >= 0.6 is 9.53 Å².